The van der Waals surface area contributed by atoms with Crippen LogP contribution in [-0.4, -0.2) is 16.5 Å². The fraction of sp³-hybridized carbons (Fsp3) is 0.944. The molecule has 122 valence electrons. The van der Waals surface area contributed by atoms with Crippen molar-refractivity contribution in [2.45, 2.75) is 89.4 Å². The van der Waals surface area contributed by atoms with Gasteiger partial charge in [0.1, 0.15) is 0 Å². The number of carbonyl (C=O) groups is 1. The molecule has 0 saturated heterocycles. The Hall–Kier alpha value is -0.240. The van der Waals surface area contributed by atoms with Gasteiger partial charge in [0.05, 0.1) is 5.41 Å². The summed E-state index contributed by atoms with van der Waals surface area (Å²) < 4.78 is 0. The number of rotatable bonds is 6. The van der Waals surface area contributed by atoms with Gasteiger partial charge in [-0.25, -0.2) is 0 Å². The average molecular weight is 315 g/mol. The predicted molar refractivity (Wildman–Crippen MR) is 87.8 cm³/mol. The van der Waals surface area contributed by atoms with E-state index in [4.69, 9.17) is 11.6 Å². The molecule has 1 N–H and O–H groups in total. The van der Waals surface area contributed by atoms with Crippen molar-refractivity contribution in [1.29, 1.82) is 0 Å². The monoisotopic (exact) mass is 314 g/mol. The maximum Gasteiger partial charge on any atom is 0.309 e. The maximum absolute atomic E-state index is 11.9. The molecule has 0 aliphatic heterocycles. The summed E-state index contributed by atoms with van der Waals surface area (Å²) in [4.78, 5) is 11.9. The highest BCUT2D eigenvalue weighted by molar-refractivity contribution is 6.20. The minimum atomic E-state index is -0.555. The highest BCUT2D eigenvalue weighted by atomic mass is 35.5. The van der Waals surface area contributed by atoms with Gasteiger partial charge in [-0.1, -0.05) is 45.4 Å². The van der Waals surface area contributed by atoms with E-state index in [9.17, 15) is 9.90 Å². The molecule has 2 rings (SSSR count). The third kappa shape index (κ3) is 4.15. The first-order chi connectivity index (χ1) is 10.1. The van der Waals surface area contributed by atoms with E-state index in [1.54, 1.807) is 0 Å². The van der Waals surface area contributed by atoms with E-state index in [1.165, 1.54) is 38.5 Å². The lowest BCUT2D eigenvalue weighted by Gasteiger charge is -2.44. The first-order valence-corrected chi connectivity index (χ1v) is 9.39. The topological polar surface area (TPSA) is 37.3 Å². The van der Waals surface area contributed by atoms with Crippen LogP contribution in [0.3, 0.4) is 0 Å². The van der Waals surface area contributed by atoms with E-state index in [1.807, 2.05) is 0 Å². The first kappa shape index (κ1) is 17.1. The van der Waals surface area contributed by atoms with Crippen LogP contribution in [0.15, 0.2) is 0 Å². The molecular weight excluding hydrogens is 284 g/mol. The van der Waals surface area contributed by atoms with Crippen molar-refractivity contribution < 1.29 is 9.90 Å². The van der Waals surface area contributed by atoms with Crippen molar-refractivity contribution in [3.8, 4) is 0 Å². The molecule has 2 fully saturated rings. The molecule has 0 atom stereocenters. The lowest BCUT2D eigenvalue weighted by Crippen LogP contribution is -2.43. The second-order valence-electron chi connectivity index (χ2n) is 7.35. The summed E-state index contributed by atoms with van der Waals surface area (Å²) in [5, 5.41) is 10.0. The van der Waals surface area contributed by atoms with Gasteiger partial charge in [-0.05, 0) is 50.4 Å². The number of carboxylic acid groups (broad SMARTS) is 1. The lowest BCUT2D eigenvalue weighted by atomic mass is 9.60. The fourth-order valence-electron chi connectivity index (χ4n) is 4.58. The van der Waals surface area contributed by atoms with Gasteiger partial charge in [0, 0.05) is 5.38 Å². The van der Waals surface area contributed by atoms with Crippen LogP contribution in [0, 0.1) is 17.3 Å². The van der Waals surface area contributed by atoms with Crippen molar-refractivity contribution >= 4 is 17.6 Å². The third-order valence-corrected chi connectivity index (χ3v) is 6.51. The molecule has 0 spiro atoms. The normalized spacial score (nSPS) is 37.3. The smallest absolute Gasteiger partial charge is 0.309 e. The van der Waals surface area contributed by atoms with Crippen molar-refractivity contribution in [2.75, 3.05) is 0 Å². The van der Waals surface area contributed by atoms with Gasteiger partial charge in [0.2, 0.25) is 0 Å². The summed E-state index contributed by atoms with van der Waals surface area (Å²) in [6.45, 7) is 2.25. The zero-order chi connectivity index (χ0) is 15.3. The predicted octanol–water partition coefficient (Wildman–Crippen LogP) is 5.63. The second-order valence-corrected chi connectivity index (χ2v) is 7.97. The van der Waals surface area contributed by atoms with Gasteiger partial charge in [0.25, 0.3) is 0 Å². The van der Waals surface area contributed by atoms with Crippen molar-refractivity contribution in [2.24, 2.45) is 17.3 Å². The Balaban J connectivity index is 1.88. The summed E-state index contributed by atoms with van der Waals surface area (Å²) >= 11 is 6.19. The molecule has 0 unspecified atom stereocenters. The van der Waals surface area contributed by atoms with Crippen LogP contribution >= 0.6 is 11.6 Å². The Morgan fingerprint density at radius 3 is 2.24 bits per heavy atom. The van der Waals surface area contributed by atoms with Gasteiger partial charge in [0.15, 0.2) is 0 Å². The average Bonchev–Trinajstić information content (AvgIpc) is 2.49. The number of hydrogen-bond donors (Lipinski definition) is 1. The fourth-order valence-corrected chi connectivity index (χ4v) is 4.80. The zero-order valence-electron chi connectivity index (χ0n) is 13.5. The molecule has 3 heteroatoms. The van der Waals surface area contributed by atoms with Crippen LogP contribution in [0.1, 0.15) is 84.0 Å². The summed E-state index contributed by atoms with van der Waals surface area (Å²) in [6.07, 6.45) is 13.4. The van der Waals surface area contributed by atoms with Crippen LogP contribution in [0.25, 0.3) is 0 Å². The molecule has 2 aliphatic rings. The second kappa shape index (κ2) is 7.85. The molecule has 2 aliphatic carbocycles. The van der Waals surface area contributed by atoms with Crippen LogP contribution in [0.2, 0.25) is 0 Å². The Kier molecular flexibility index (Phi) is 6.40. The van der Waals surface area contributed by atoms with Crippen molar-refractivity contribution in [1.82, 2.24) is 0 Å². The number of aliphatic carboxylic acids is 1. The SMILES string of the molecule is CCCCCC1CCC(C2(C(=O)O)CCC(Cl)CC2)CC1. The van der Waals surface area contributed by atoms with Gasteiger partial charge in [-0.15, -0.1) is 11.6 Å². The quantitative estimate of drug-likeness (QED) is 0.510. The van der Waals surface area contributed by atoms with Crippen LogP contribution < -0.4 is 0 Å². The lowest BCUT2D eigenvalue weighted by molar-refractivity contribution is -0.156. The Bertz CT molecular complexity index is 326. The summed E-state index contributed by atoms with van der Waals surface area (Å²) in [6, 6.07) is 0. The largest absolute Gasteiger partial charge is 0.481 e. The molecule has 0 aromatic carbocycles. The van der Waals surface area contributed by atoms with Gasteiger partial charge in [-0.2, -0.15) is 0 Å². The van der Waals surface area contributed by atoms with Crippen LogP contribution in [-0.2, 0) is 4.79 Å². The molecule has 0 heterocycles. The molecular formula is C18H31ClO2. The highest BCUT2D eigenvalue weighted by Gasteiger charge is 2.48. The Labute approximate surface area is 134 Å². The van der Waals surface area contributed by atoms with Crippen molar-refractivity contribution in [3.63, 3.8) is 0 Å². The summed E-state index contributed by atoms with van der Waals surface area (Å²) in [5.41, 5.74) is -0.459. The van der Waals surface area contributed by atoms with Crippen LogP contribution in [0.4, 0.5) is 0 Å². The molecule has 2 nitrogen and oxygen atoms in total. The molecule has 0 aromatic heterocycles. The number of halogens is 1. The number of hydrogen-bond acceptors (Lipinski definition) is 1. The zero-order valence-corrected chi connectivity index (χ0v) is 14.2. The minimum Gasteiger partial charge on any atom is -0.481 e. The first-order valence-electron chi connectivity index (χ1n) is 8.96. The molecule has 0 aromatic rings. The molecule has 21 heavy (non-hydrogen) atoms. The summed E-state index contributed by atoms with van der Waals surface area (Å²) in [7, 11) is 0. The maximum atomic E-state index is 11.9. The number of carboxylic acids is 1. The van der Waals surface area contributed by atoms with E-state index >= 15 is 0 Å². The number of unbranched alkanes of at least 4 members (excludes halogenated alkanes) is 2. The molecule has 2 saturated carbocycles. The number of alkyl halides is 1. The van der Waals surface area contributed by atoms with Crippen LogP contribution in [0.5, 0.6) is 0 Å². The van der Waals surface area contributed by atoms with Gasteiger partial charge < -0.3 is 5.11 Å². The van der Waals surface area contributed by atoms with Gasteiger partial charge >= 0.3 is 5.97 Å². The third-order valence-electron chi connectivity index (χ3n) is 6.08. The Morgan fingerprint density at radius 1 is 1.10 bits per heavy atom. The molecule has 0 amide bonds. The standard InChI is InChI=1S/C18H31ClO2/c1-2-3-4-5-14-6-8-15(9-7-14)18(17(20)21)12-10-16(19)11-13-18/h14-16H,2-13H2,1H3,(H,20,21). The molecule has 0 radical (unpaired) electrons. The van der Waals surface area contributed by atoms with E-state index in [0.29, 0.717) is 5.92 Å². The van der Waals surface area contributed by atoms with E-state index < -0.39 is 11.4 Å². The highest BCUT2D eigenvalue weighted by Crippen LogP contribution is 2.50. The minimum absolute atomic E-state index is 0.197. The Morgan fingerprint density at radius 2 is 1.71 bits per heavy atom. The van der Waals surface area contributed by atoms with E-state index in [2.05, 4.69) is 6.92 Å². The van der Waals surface area contributed by atoms with Crippen molar-refractivity contribution in [3.05, 3.63) is 0 Å². The molecule has 0 bridgehead atoms. The van der Waals surface area contributed by atoms with E-state index in [-0.39, 0.29) is 5.38 Å². The van der Waals surface area contributed by atoms with Gasteiger partial charge in [-0.3, -0.25) is 4.79 Å². The summed E-state index contributed by atoms with van der Waals surface area (Å²) in [5.74, 6) is 0.685. The van der Waals surface area contributed by atoms with E-state index in [0.717, 1.165) is 44.4 Å².